The van der Waals surface area contributed by atoms with Crippen LogP contribution in [0.1, 0.15) is 19.3 Å². The van der Waals surface area contributed by atoms with Gasteiger partial charge in [0.1, 0.15) is 0 Å². The van der Waals surface area contributed by atoms with Gasteiger partial charge in [-0.2, -0.15) is 0 Å². The molecule has 14 heavy (non-hydrogen) atoms. The Kier molecular flexibility index (Phi) is 3.88. The minimum atomic E-state index is -0.627. The average Bonchev–Trinajstić information content (AvgIpc) is 2.27. The van der Waals surface area contributed by atoms with Gasteiger partial charge in [0, 0.05) is 0 Å². The minimum Gasteiger partial charge on any atom is -0.467 e. The van der Waals surface area contributed by atoms with E-state index in [1.54, 1.807) is 0 Å². The van der Waals surface area contributed by atoms with Crippen LogP contribution in [0.2, 0.25) is 0 Å². The molecule has 1 aliphatic rings. The lowest BCUT2D eigenvalue weighted by molar-refractivity contribution is -0.174. The number of hydrogen-bond acceptors (Lipinski definition) is 5. The number of carbonyl (C=O) groups is 2. The first-order valence-electron chi connectivity index (χ1n) is 4.50. The molecule has 1 fully saturated rings. The monoisotopic (exact) mass is 202 g/mol. The lowest BCUT2D eigenvalue weighted by Gasteiger charge is -2.26. The second kappa shape index (κ2) is 4.95. The van der Waals surface area contributed by atoms with Crippen LogP contribution in [0.5, 0.6) is 0 Å². The van der Waals surface area contributed by atoms with E-state index in [9.17, 15) is 9.59 Å². The van der Waals surface area contributed by atoms with Gasteiger partial charge in [0.25, 0.3) is 0 Å². The maximum Gasteiger partial charge on any atom is 0.335 e. The Hall–Kier alpha value is -1.10. The molecular formula is C9H14O5. The lowest BCUT2D eigenvalue weighted by Crippen LogP contribution is -2.38. The Balaban J connectivity index is 2.51. The summed E-state index contributed by atoms with van der Waals surface area (Å²) in [5.74, 6) is -0.864. The molecule has 1 heterocycles. The Morgan fingerprint density at radius 3 is 1.86 bits per heavy atom. The Bertz CT molecular complexity index is 203. The summed E-state index contributed by atoms with van der Waals surface area (Å²) in [6.45, 7) is 0. The first kappa shape index (κ1) is 11.0. The first-order valence-corrected chi connectivity index (χ1v) is 4.50. The van der Waals surface area contributed by atoms with Crippen molar-refractivity contribution in [3.8, 4) is 0 Å². The van der Waals surface area contributed by atoms with E-state index in [0.29, 0.717) is 12.8 Å². The van der Waals surface area contributed by atoms with Gasteiger partial charge in [-0.1, -0.05) is 0 Å². The predicted molar refractivity (Wildman–Crippen MR) is 46.5 cm³/mol. The van der Waals surface area contributed by atoms with Gasteiger partial charge in [0.05, 0.1) is 14.2 Å². The van der Waals surface area contributed by atoms with E-state index in [2.05, 4.69) is 9.47 Å². The molecule has 5 heteroatoms. The van der Waals surface area contributed by atoms with Gasteiger partial charge in [-0.3, -0.25) is 0 Å². The number of rotatable bonds is 2. The third-order valence-electron chi connectivity index (χ3n) is 2.19. The van der Waals surface area contributed by atoms with Gasteiger partial charge >= 0.3 is 11.9 Å². The van der Waals surface area contributed by atoms with Crippen molar-refractivity contribution >= 4 is 11.9 Å². The van der Waals surface area contributed by atoms with Crippen LogP contribution in [0.4, 0.5) is 0 Å². The molecule has 0 spiro atoms. The van der Waals surface area contributed by atoms with Crippen LogP contribution in [-0.2, 0) is 23.8 Å². The highest BCUT2D eigenvalue weighted by atomic mass is 16.6. The van der Waals surface area contributed by atoms with E-state index in [1.165, 1.54) is 14.2 Å². The summed E-state index contributed by atoms with van der Waals surface area (Å²) in [7, 11) is 2.60. The molecule has 0 radical (unpaired) electrons. The van der Waals surface area contributed by atoms with Crippen molar-refractivity contribution in [1.82, 2.24) is 0 Å². The molecule has 0 aromatic heterocycles. The van der Waals surface area contributed by atoms with Gasteiger partial charge in [-0.05, 0) is 19.3 Å². The first-order chi connectivity index (χ1) is 6.69. The molecule has 2 unspecified atom stereocenters. The van der Waals surface area contributed by atoms with Gasteiger partial charge in [0.2, 0.25) is 0 Å². The van der Waals surface area contributed by atoms with E-state index in [-0.39, 0.29) is 0 Å². The van der Waals surface area contributed by atoms with Crippen molar-refractivity contribution in [3.05, 3.63) is 0 Å². The SMILES string of the molecule is COC(=O)C1CCCC(C(=O)OC)O1. The maximum absolute atomic E-state index is 11.1. The molecule has 0 amide bonds. The summed E-state index contributed by atoms with van der Waals surface area (Å²) >= 11 is 0. The van der Waals surface area contributed by atoms with Crippen molar-refractivity contribution in [1.29, 1.82) is 0 Å². The van der Waals surface area contributed by atoms with Crippen LogP contribution < -0.4 is 0 Å². The summed E-state index contributed by atoms with van der Waals surface area (Å²) in [4.78, 5) is 22.2. The minimum absolute atomic E-state index is 0.432. The van der Waals surface area contributed by atoms with Crippen molar-refractivity contribution in [2.24, 2.45) is 0 Å². The largest absolute Gasteiger partial charge is 0.467 e. The molecule has 2 atom stereocenters. The molecule has 5 nitrogen and oxygen atoms in total. The molecule has 1 rings (SSSR count). The fourth-order valence-electron chi connectivity index (χ4n) is 1.43. The lowest BCUT2D eigenvalue weighted by atomic mass is 10.0. The number of esters is 2. The third kappa shape index (κ3) is 2.45. The number of carbonyl (C=O) groups excluding carboxylic acids is 2. The molecule has 1 aliphatic heterocycles. The van der Waals surface area contributed by atoms with Crippen LogP contribution >= 0.6 is 0 Å². The van der Waals surface area contributed by atoms with Crippen LogP contribution in [-0.4, -0.2) is 38.4 Å². The maximum atomic E-state index is 11.1. The predicted octanol–water partition coefficient (Wildman–Crippen LogP) is 0.270. The Morgan fingerprint density at radius 2 is 1.50 bits per heavy atom. The molecule has 80 valence electrons. The standard InChI is InChI=1S/C9H14O5/c1-12-8(10)6-4-3-5-7(14-6)9(11)13-2/h6-7H,3-5H2,1-2H3. The summed E-state index contributed by atoms with van der Waals surface area (Å²) in [5.41, 5.74) is 0. The van der Waals surface area contributed by atoms with Gasteiger partial charge in [0.15, 0.2) is 12.2 Å². The molecule has 1 saturated heterocycles. The fourth-order valence-corrected chi connectivity index (χ4v) is 1.43. The van der Waals surface area contributed by atoms with Crippen molar-refractivity contribution in [2.45, 2.75) is 31.5 Å². The summed E-state index contributed by atoms with van der Waals surface area (Å²) in [6, 6.07) is 0. The van der Waals surface area contributed by atoms with Gasteiger partial charge < -0.3 is 14.2 Å². The normalized spacial score (nSPS) is 26.7. The Labute approximate surface area is 82.3 Å². The van der Waals surface area contributed by atoms with Gasteiger partial charge in [-0.25, -0.2) is 9.59 Å². The van der Waals surface area contributed by atoms with Crippen LogP contribution in [0.3, 0.4) is 0 Å². The molecular weight excluding hydrogens is 188 g/mol. The second-order valence-electron chi connectivity index (χ2n) is 3.09. The highest BCUT2D eigenvalue weighted by Crippen LogP contribution is 2.20. The van der Waals surface area contributed by atoms with E-state index < -0.39 is 24.1 Å². The van der Waals surface area contributed by atoms with Crippen molar-refractivity contribution < 1.29 is 23.8 Å². The van der Waals surface area contributed by atoms with Crippen LogP contribution in [0.25, 0.3) is 0 Å². The van der Waals surface area contributed by atoms with E-state index in [1.807, 2.05) is 0 Å². The summed E-state index contributed by atoms with van der Waals surface area (Å²) in [6.07, 6.45) is 0.704. The van der Waals surface area contributed by atoms with E-state index in [0.717, 1.165) is 6.42 Å². The van der Waals surface area contributed by atoms with E-state index in [4.69, 9.17) is 4.74 Å². The topological polar surface area (TPSA) is 61.8 Å². The quantitative estimate of drug-likeness (QED) is 0.601. The summed E-state index contributed by atoms with van der Waals surface area (Å²) in [5, 5.41) is 0. The fraction of sp³-hybridized carbons (Fsp3) is 0.778. The van der Waals surface area contributed by atoms with Crippen LogP contribution in [0.15, 0.2) is 0 Å². The summed E-state index contributed by atoms with van der Waals surface area (Å²) < 4.78 is 14.3. The number of ether oxygens (including phenoxy) is 3. The third-order valence-corrected chi connectivity index (χ3v) is 2.19. The zero-order chi connectivity index (χ0) is 10.6. The second-order valence-corrected chi connectivity index (χ2v) is 3.09. The van der Waals surface area contributed by atoms with Crippen molar-refractivity contribution in [3.63, 3.8) is 0 Å². The molecule has 0 N–H and O–H groups in total. The van der Waals surface area contributed by atoms with Crippen LogP contribution in [0, 0.1) is 0 Å². The zero-order valence-electron chi connectivity index (χ0n) is 8.32. The molecule has 0 aliphatic carbocycles. The van der Waals surface area contributed by atoms with Gasteiger partial charge in [-0.15, -0.1) is 0 Å². The van der Waals surface area contributed by atoms with E-state index >= 15 is 0 Å². The highest BCUT2D eigenvalue weighted by molar-refractivity contribution is 5.78. The zero-order valence-corrected chi connectivity index (χ0v) is 8.32. The highest BCUT2D eigenvalue weighted by Gasteiger charge is 2.32. The molecule has 0 bridgehead atoms. The molecule has 0 aromatic rings. The number of hydrogen-bond donors (Lipinski definition) is 0. The Morgan fingerprint density at radius 1 is 1.07 bits per heavy atom. The average molecular weight is 202 g/mol. The number of methoxy groups -OCH3 is 2. The van der Waals surface area contributed by atoms with Crippen molar-refractivity contribution in [2.75, 3.05) is 14.2 Å². The smallest absolute Gasteiger partial charge is 0.335 e. The molecule has 0 saturated carbocycles. The molecule has 0 aromatic carbocycles.